The number of benzene rings is 2. The topological polar surface area (TPSA) is 38.9 Å². The quantitative estimate of drug-likeness (QED) is 0.730. The first kappa shape index (κ1) is 13.6. The summed E-state index contributed by atoms with van der Waals surface area (Å²) in [4.78, 5) is 4.28. The molecule has 0 aliphatic carbocycles. The molecule has 0 aliphatic rings. The standard InChI is InChI=1S/C16H12BrClN2/c17-11-5-6-15(18)13(7-11)16(19)14-9-20-8-10-3-1-2-4-12(10)14/h1-9,16H,19H2. The lowest BCUT2D eigenvalue weighted by Crippen LogP contribution is -2.13. The Bertz CT molecular complexity index is 768. The summed E-state index contributed by atoms with van der Waals surface area (Å²) in [5.74, 6) is 0. The summed E-state index contributed by atoms with van der Waals surface area (Å²) in [6, 6.07) is 13.5. The van der Waals surface area contributed by atoms with Gasteiger partial charge in [-0.3, -0.25) is 4.98 Å². The Labute approximate surface area is 130 Å². The highest BCUT2D eigenvalue weighted by Gasteiger charge is 2.15. The number of pyridine rings is 1. The molecule has 0 bridgehead atoms. The highest BCUT2D eigenvalue weighted by molar-refractivity contribution is 9.10. The smallest absolute Gasteiger partial charge is 0.0588 e. The molecule has 100 valence electrons. The van der Waals surface area contributed by atoms with Gasteiger partial charge in [-0.1, -0.05) is 51.8 Å². The van der Waals surface area contributed by atoms with Crippen molar-refractivity contribution in [3.63, 3.8) is 0 Å². The van der Waals surface area contributed by atoms with Crippen molar-refractivity contribution in [3.05, 3.63) is 75.5 Å². The molecule has 4 heteroatoms. The Morgan fingerprint density at radius 1 is 1.05 bits per heavy atom. The van der Waals surface area contributed by atoms with Gasteiger partial charge in [0.25, 0.3) is 0 Å². The maximum Gasteiger partial charge on any atom is 0.0588 e. The van der Waals surface area contributed by atoms with Gasteiger partial charge in [-0.2, -0.15) is 0 Å². The van der Waals surface area contributed by atoms with Gasteiger partial charge in [-0.15, -0.1) is 0 Å². The number of hydrogen-bond acceptors (Lipinski definition) is 2. The molecule has 0 saturated carbocycles. The van der Waals surface area contributed by atoms with E-state index in [0.29, 0.717) is 5.02 Å². The number of fused-ring (bicyclic) bond motifs is 1. The van der Waals surface area contributed by atoms with E-state index >= 15 is 0 Å². The van der Waals surface area contributed by atoms with E-state index in [9.17, 15) is 0 Å². The lowest BCUT2D eigenvalue weighted by atomic mass is 9.96. The van der Waals surface area contributed by atoms with Crippen LogP contribution >= 0.6 is 27.5 Å². The summed E-state index contributed by atoms with van der Waals surface area (Å²) >= 11 is 9.73. The minimum atomic E-state index is -0.307. The van der Waals surface area contributed by atoms with Gasteiger partial charge in [0.15, 0.2) is 0 Å². The van der Waals surface area contributed by atoms with Crippen LogP contribution in [0.3, 0.4) is 0 Å². The van der Waals surface area contributed by atoms with Crippen molar-refractivity contribution in [3.8, 4) is 0 Å². The van der Waals surface area contributed by atoms with Gasteiger partial charge in [0, 0.05) is 27.3 Å². The van der Waals surface area contributed by atoms with Gasteiger partial charge in [0.1, 0.15) is 0 Å². The maximum atomic E-state index is 6.41. The Morgan fingerprint density at radius 3 is 2.70 bits per heavy atom. The van der Waals surface area contributed by atoms with E-state index in [-0.39, 0.29) is 6.04 Å². The fourth-order valence-corrected chi connectivity index (χ4v) is 2.92. The maximum absolute atomic E-state index is 6.41. The predicted octanol–water partition coefficient (Wildman–Crippen LogP) is 4.70. The van der Waals surface area contributed by atoms with Gasteiger partial charge in [0.2, 0.25) is 0 Å². The molecule has 1 heterocycles. The molecule has 3 aromatic rings. The molecule has 0 fully saturated rings. The highest BCUT2D eigenvalue weighted by atomic mass is 79.9. The summed E-state index contributed by atoms with van der Waals surface area (Å²) in [6.45, 7) is 0. The summed E-state index contributed by atoms with van der Waals surface area (Å²) in [6.07, 6.45) is 3.65. The van der Waals surface area contributed by atoms with Crippen molar-refractivity contribution in [2.24, 2.45) is 5.73 Å². The summed E-state index contributed by atoms with van der Waals surface area (Å²) in [5.41, 5.74) is 8.27. The number of nitrogens with two attached hydrogens (primary N) is 1. The van der Waals surface area contributed by atoms with Gasteiger partial charge in [0.05, 0.1) is 6.04 Å². The second kappa shape index (κ2) is 5.52. The minimum Gasteiger partial charge on any atom is -0.320 e. The molecule has 1 unspecified atom stereocenters. The van der Waals surface area contributed by atoms with Crippen LogP contribution in [0.4, 0.5) is 0 Å². The van der Waals surface area contributed by atoms with Crippen LogP contribution in [0.25, 0.3) is 10.8 Å². The zero-order valence-corrected chi connectivity index (χ0v) is 12.9. The molecule has 0 spiro atoms. The van der Waals surface area contributed by atoms with Crippen molar-refractivity contribution >= 4 is 38.3 Å². The molecular weight excluding hydrogens is 336 g/mol. The van der Waals surface area contributed by atoms with Crippen molar-refractivity contribution in [2.45, 2.75) is 6.04 Å². The second-order valence-corrected chi connectivity index (χ2v) is 5.92. The van der Waals surface area contributed by atoms with Crippen LogP contribution in [0.2, 0.25) is 5.02 Å². The Hall–Kier alpha value is -1.42. The zero-order chi connectivity index (χ0) is 14.1. The molecule has 0 amide bonds. The van der Waals surface area contributed by atoms with Crippen molar-refractivity contribution in [1.29, 1.82) is 0 Å². The first-order chi connectivity index (χ1) is 9.66. The molecule has 1 aromatic heterocycles. The highest BCUT2D eigenvalue weighted by Crippen LogP contribution is 2.32. The Morgan fingerprint density at radius 2 is 1.85 bits per heavy atom. The van der Waals surface area contributed by atoms with E-state index in [1.54, 1.807) is 0 Å². The van der Waals surface area contributed by atoms with Gasteiger partial charge in [-0.25, -0.2) is 0 Å². The number of aromatic nitrogens is 1. The second-order valence-electron chi connectivity index (χ2n) is 4.59. The number of halogens is 2. The monoisotopic (exact) mass is 346 g/mol. The Kier molecular flexibility index (Phi) is 3.74. The minimum absolute atomic E-state index is 0.307. The zero-order valence-electron chi connectivity index (χ0n) is 10.6. The predicted molar refractivity (Wildman–Crippen MR) is 86.9 cm³/mol. The van der Waals surface area contributed by atoms with Gasteiger partial charge >= 0.3 is 0 Å². The molecule has 0 radical (unpaired) electrons. The number of nitrogens with zero attached hydrogens (tertiary/aromatic N) is 1. The third kappa shape index (κ3) is 2.44. The van der Waals surface area contributed by atoms with Crippen molar-refractivity contribution in [1.82, 2.24) is 4.98 Å². The third-order valence-corrected chi connectivity index (χ3v) is 4.16. The molecule has 1 atom stereocenters. The van der Waals surface area contributed by atoms with E-state index in [0.717, 1.165) is 26.4 Å². The fraction of sp³-hybridized carbons (Fsp3) is 0.0625. The van der Waals surface area contributed by atoms with E-state index in [1.807, 2.05) is 48.8 Å². The largest absolute Gasteiger partial charge is 0.320 e. The lowest BCUT2D eigenvalue weighted by molar-refractivity contribution is 0.873. The lowest BCUT2D eigenvalue weighted by Gasteiger charge is -2.16. The first-order valence-corrected chi connectivity index (χ1v) is 7.37. The molecule has 2 nitrogen and oxygen atoms in total. The van der Waals surface area contributed by atoms with E-state index in [1.165, 1.54) is 0 Å². The molecule has 0 saturated heterocycles. The van der Waals surface area contributed by atoms with Crippen LogP contribution < -0.4 is 5.73 Å². The molecular formula is C16H12BrClN2. The van der Waals surface area contributed by atoms with Gasteiger partial charge in [-0.05, 0) is 34.7 Å². The summed E-state index contributed by atoms with van der Waals surface area (Å²) in [7, 11) is 0. The van der Waals surface area contributed by atoms with Gasteiger partial charge < -0.3 is 5.73 Å². The Balaban J connectivity index is 2.17. The number of hydrogen-bond donors (Lipinski definition) is 1. The third-order valence-electron chi connectivity index (χ3n) is 3.33. The molecule has 3 rings (SSSR count). The van der Waals surface area contributed by atoms with Crippen molar-refractivity contribution in [2.75, 3.05) is 0 Å². The van der Waals surface area contributed by atoms with Crippen molar-refractivity contribution < 1.29 is 0 Å². The first-order valence-electron chi connectivity index (χ1n) is 6.20. The van der Waals surface area contributed by atoms with Crippen LogP contribution in [0.1, 0.15) is 17.2 Å². The summed E-state index contributed by atoms with van der Waals surface area (Å²) < 4.78 is 0.959. The average molecular weight is 348 g/mol. The van der Waals surface area contributed by atoms with Crippen LogP contribution in [0.5, 0.6) is 0 Å². The van der Waals surface area contributed by atoms with E-state index < -0.39 is 0 Å². The van der Waals surface area contributed by atoms with Crippen LogP contribution in [-0.2, 0) is 0 Å². The fourth-order valence-electron chi connectivity index (χ4n) is 2.31. The van der Waals surface area contributed by atoms with Crippen LogP contribution in [0, 0.1) is 0 Å². The summed E-state index contributed by atoms with van der Waals surface area (Å²) in [5, 5.41) is 2.84. The SMILES string of the molecule is NC(c1cc(Br)ccc1Cl)c1cncc2ccccc12. The van der Waals surface area contributed by atoms with Crippen LogP contribution in [-0.4, -0.2) is 4.98 Å². The molecule has 2 N–H and O–H groups in total. The molecule has 0 aliphatic heterocycles. The number of rotatable bonds is 2. The average Bonchev–Trinajstić information content (AvgIpc) is 2.48. The molecule has 20 heavy (non-hydrogen) atoms. The molecule has 2 aromatic carbocycles. The van der Waals surface area contributed by atoms with Crippen LogP contribution in [0.15, 0.2) is 59.3 Å². The van der Waals surface area contributed by atoms with E-state index in [2.05, 4.69) is 27.0 Å². The normalized spacial score (nSPS) is 12.6. The van der Waals surface area contributed by atoms with E-state index in [4.69, 9.17) is 17.3 Å².